The zero-order valence-electron chi connectivity index (χ0n) is 40.2. The molecule has 2 amide bonds. The van der Waals surface area contributed by atoms with Crippen molar-refractivity contribution in [1.82, 2.24) is 34.8 Å². The van der Waals surface area contributed by atoms with Crippen molar-refractivity contribution in [1.29, 1.82) is 0 Å². The number of carbonyl (C=O) groups excluding carboxylic acids is 2. The Morgan fingerprint density at radius 3 is 2.16 bits per heavy atom. The van der Waals surface area contributed by atoms with Crippen molar-refractivity contribution in [2.75, 3.05) is 0 Å². The van der Waals surface area contributed by atoms with Crippen molar-refractivity contribution < 1.29 is 22.8 Å². The molecule has 2 saturated carbocycles. The van der Waals surface area contributed by atoms with Crippen LogP contribution in [0.3, 0.4) is 0 Å². The van der Waals surface area contributed by atoms with Crippen LogP contribution in [0.2, 0.25) is 0 Å². The molecule has 64 heavy (non-hydrogen) atoms. The Kier molecular flexibility index (Phi) is 23.1. The first-order valence-corrected chi connectivity index (χ1v) is 22.8. The third-order valence-electron chi connectivity index (χ3n) is 10.4. The smallest absolute Gasteiger partial charge is 0.348 e. The Balaban J connectivity index is 0.000000335. The summed E-state index contributed by atoms with van der Waals surface area (Å²) in [5.41, 5.74) is 3.02. The van der Waals surface area contributed by atoms with E-state index in [2.05, 4.69) is 122 Å². The van der Waals surface area contributed by atoms with Crippen molar-refractivity contribution in [2.24, 2.45) is 11.8 Å². The van der Waals surface area contributed by atoms with Crippen LogP contribution in [0.25, 0.3) is 16.9 Å². The number of terminal acetylenes is 1. The SMILES string of the molecule is C#CCC.C/C=C(\C)C[C@@H](NC(=O)C1CC1)C(=O)NC(C)(C)Cn1cc(C(F)(F)F)cn1.CC/C=C/C=C\C(C)CC.CC1(c2cn3cc(-c4ccccc4)cnc3n2)CC1.CCC. The molecule has 3 aromatic heterocycles. The van der Waals surface area contributed by atoms with Gasteiger partial charge in [-0.1, -0.05) is 128 Å². The molecule has 2 atom stereocenters. The maximum absolute atomic E-state index is 12.8. The molecule has 350 valence electrons. The average Bonchev–Trinajstić information content (AvgIpc) is 4.16. The van der Waals surface area contributed by atoms with Gasteiger partial charge in [-0.25, -0.2) is 9.97 Å². The third-order valence-corrected chi connectivity index (χ3v) is 10.4. The van der Waals surface area contributed by atoms with Crippen LogP contribution in [0.15, 0.2) is 97.3 Å². The van der Waals surface area contributed by atoms with Gasteiger partial charge in [-0.15, -0.1) is 12.3 Å². The number of nitrogens with one attached hydrogen (secondary N) is 2. The summed E-state index contributed by atoms with van der Waals surface area (Å²) < 4.78 is 41.4. The Morgan fingerprint density at radius 1 is 1.00 bits per heavy atom. The molecule has 2 aliphatic rings. The van der Waals surface area contributed by atoms with E-state index in [1.165, 1.54) is 36.9 Å². The van der Waals surface area contributed by atoms with Gasteiger partial charge in [0.05, 0.1) is 29.5 Å². The lowest BCUT2D eigenvalue weighted by molar-refractivity contribution is -0.137. The second-order valence-corrected chi connectivity index (χ2v) is 17.4. The predicted molar refractivity (Wildman–Crippen MR) is 256 cm³/mol. The second-order valence-electron chi connectivity index (χ2n) is 17.4. The van der Waals surface area contributed by atoms with Gasteiger partial charge in [0.15, 0.2) is 0 Å². The summed E-state index contributed by atoms with van der Waals surface area (Å²) in [5, 5.41) is 9.34. The molecule has 1 aromatic carbocycles. The lowest BCUT2D eigenvalue weighted by Gasteiger charge is -2.29. The molecule has 6 rings (SSSR count). The van der Waals surface area contributed by atoms with Gasteiger partial charge in [-0.3, -0.25) is 18.7 Å². The molecule has 1 unspecified atom stereocenters. The summed E-state index contributed by atoms with van der Waals surface area (Å²) in [6.07, 6.45) is 27.6. The predicted octanol–water partition coefficient (Wildman–Crippen LogP) is 12.5. The summed E-state index contributed by atoms with van der Waals surface area (Å²) in [6.45, 7) is 22.2. The van der Waals surface area contributed by atoms with E-state index in [0.29, 0.717) is 11.8 Å². The van der Waals surface area contributed by atoms with Gasteiger partial charge in [0.25, 0.3) is 0 Å². The molecule has 2 N–H and O–H groups in total. The maximum Gasteiger partial charge on any atom is 0.419 e. The number of fused-ring (bicyclic) bond motifs is 1. The van der Waals surface area contributed by atoms with Crippen molar-refractivity contribution in [3.05, 3.63) is 109 Å². The fourth-order valence-corrected chi connectivity index (χ4v) is 5.75. The Labute approximate surface area is 381 Å². The van der Waals surface area contributed by atoms with Crippen molar-refractivity contribution in [2.45, 2.75) is 164 Å². The number of halogens is 3. The summed E-state index contributed by atoms with van der Waals surface area (Å²) >= 11 is 0. The van der Waals surface area contributed by atoms with Gasteiger partial charge < -0.3 is 10.6 Å². The van der Waals surface area contributed by atoms with E-state index in [1.807, 2.05) is 55.6 Å². The summed E-state index contributed by atoms with van der Waals surface area (Å²) in [7, 11) is 0. The molecule has 0 saturated heterocycles. The number of hydrogen-bond donors (Lipinski definition) is 2. The third kappa shape index (κ3) is 19.9. The van der Waals surface area contributed by atoms with Crippen LogP contribution in [-0.4, -0.2) is 47.5 Å². The number of alkyl halides is 3. The first-order valence-electron chi connectivity index (χ1n) is 22.8. The molecule has 2 aliphatic carbocycles. The molecule has 4 aromatic rings. The normalized spacial score (nSPS) is 15.2. The van der Waals surface area contributed by atoms with E-state index in [4.69, 9.17) is 6.42 Å². The van der Waals surface area contributed by atoms with Crippen molar-refractivity contribution in [3.63, 3.8) is 0 Å². The monoisotopic (exact) mass is 886 g/mol. The van der Waals surface area contributed by atoms with E-state index in [-0.39, 0.29) is 24.3 Å². The molecular formula is C52H74F3N7O2. The number of amides is 2. The first kappa shape index (κ1) is 54.7. The highest BCUT2D eigenvalue weighted by atomic mass is 19.4. The number of carbonyl (C=O) groups is 2. The fourth-order valence-electron chi connectivity index (χ4n) is 5.75. The lowest BCUT2D eigenvalue weighted by atomic mass is 10.0. The number of imidazole rings is 1. The van der Waals surface area contributed by atoms with Gasteiger partial charge in [0, 0.05) is 48.1 Å². The molecule has 9 nitrogen and oxygen atoms in total. The van der Waals surface area contributed by atoms with Gasteiger partial charge in [0.2, 0.25) is 17.6 Å². The number of benzene rings is 1. The minimum Gasteiger partial charge on any atom is -0.348 e. The van der Waals surface area contributed by atoms with Gasteiger partial charge in [-0.05, 0) is 77.7 Å². The summed E-state index contributed by atoms with van der Waals surface area (Å²) in [4.78, 5) is 34.0. The highest BCUT2D eigenvalue weighted by Gasteiger charge is 2.41. The molecule has 2 fully saturated rings. The second kappa shape index (κ2) is 27.0. The first-order chi connectivity index (χ1) is 30.3. The lowest BCUT2D eigenvalue weighted by Crippen LogP contribution is -2.55. The van der Waals surface area contributed by atoms with Crippen LogP contribution in [0.5, 0.6) is 0 Å². The topological polar surface area (TPSA) is 106 Å². The van der Waals surface area contributed by atoms with Crippen molar-refractivity contribution >= 4 is 17.6 Å². The molecule has 12 heteroatoms. The Bertz CT molecular complexity index is 2130. The highest BCUT2D eigenvalue weighted by Crippen LogP contribution is 2.46. The van der Waals surface area contributed by atoms with Crippen LogP contribution >= 0.6 is 0 Å². The highest BCUT2D eigenvalue weighted by molar-refractivity contribution is 5.89. The minimum atomic E-state index is -4.46. The van der Waals surface area contributed by atoms with E-state index in [9.17, 15) is 22.8 Å². The average molecular weight is 886 g/mol. The fraction of sp³-hybridized carbons (Fsp3) is 0.519. The molecule has 0 aliphatic heterocycles. The van der Waals surface area contributed by atoms with Gasteiger partial charge in [0.1, 0.15) is 6.04 Å². The van der Waals surface area contributed by atoms with E-state index < -0.39 is 23.3 Å². The van der Waals surface area contributed by atoms with Crippen LogP contribution in [0.4, 0.5) is 13.2 Å². The molecule has 0 radical (unpaired) electrons. The minimum absolute atomic E-state index is 0.0286. The largest absolute Gasteiger partial charge is 0.419 e. The van der Waals surface area contributed by atoms with Gasteiger partial charge in [-0.2, -0.15) is 18.3 Å². The Morgan fingerprint density at radius 2 is 1.64 bits per heavy atom. The van der Waals surface area contributed by atoms with Gasteiger partial charge >= 0.3 is 6.18 Å². The summed E-state index contributed by atoms with van der Waals surface area (Å²) in [5.74, 6) is 3.41. The summed E-state index contributed by atoms with van der Waals surface area (Å²) in [6, 6.07) is 9.59. The van der Waals surface area contributed by atoms with E-state index >= 15 is 0 Å². The molecular weight excluding hydrogens is 812 g/mol. The van der Waals surface area contributed by atoms with Crippen LogP contribution in [0.1, 0.15) is 145 Å². The van der Waals surface area contributed by atoms with Crippen LogP contribution in [0, 0.1) is 24.2 Å². The van der Waals surface area contributed by atoms with Crippen molar-refractivity contribution in [3.8, 4) is 23.5 Å². The number of nitrogens with zero attached hydrogens (tertiary/aromatic N) is 5. The van der Waals surface area contributed by atoms with E-state index in [0.717, 1.165) is 65.6 Å². The zero-order chi connectivity index (χ0) is 47.9. The van der Waals surface area contributed by atoms with Crippen LogP contribution in [-0.2, 0) is 27.7 Å². The molecule has 3 heterocycles. The number of allylic oxidation sites excluding steroid dienone is 5. The molecule has 0 spiro atoms. The van der Waals surface area contributed by atoms with Crippen LogP contribution < -0.4 is 10.6 Å². The zero-order valence-corrected chi connectivity index (χ0v) is 40.2. The van der Waals surface area contributed by atoms with E-state index in [1.54, 1.807) is 13.8 Å². The number of aromatic nitrogens is 5. The quantitative estimate of drug-likeness (QED) is 0.0745. The number of hydrogen-bond acceptors (Lipinski definition) is 5. The number of rotatable bonds is 14. The molecule has 0 bridgehead atoms. The standard InChI is InChI=1S/C19H27F3N4O2.C16H15N3.C10H18.C4H6.C3H8/c1-5-12(2)8-15(24-16(27)13-6-7-13)17(28)25-18(3,4)11-26-10-14(9-23-26)19(20,21)22;1-16(7-8-16)14-11-19-10-13(9-17-15(19)18-14)12-5-3-2-4-6-12;1-4-6-7-8-9-10(3)5-2;1-3-4-2;1-3-2/h5,9-10,13,15H,6-8,11H2,1-4H3,(H,24,27)(H,25,28);2-6,9-11H,7-8H2,1H3;6-10H,4-5H2,1-3H3;1H,4H2,2H3;3H2,1-2H3/b12-5+;;7-6+,9-8-;;/t15-;;;;/m1..../s1. The Hall–Kier alpha value is -5.44. The maximum atomic E-state index is 12.8.